The number of aromatic hydroxyl groups is 1. The van der Waals surface area contributed by atoms with Crippen LogP contribution in [0.2, 0.25) is 5.02 Å². The van der Waals surface area contributed by atoms with Gasteiger partial charge in [-0.2, -0.15) is 0 Å². The fourth-order valence-corrected chi connectivity index (χ4v) is 6.54. The molecule has 164 valence electrons. The number of rotatable bonds is 3. The molecule has 1 aromatic heterocycles. The fourth-order valence-electron chi connectivity index (χ4n) is 3.49. The summed E-state index contributed by atoms with van der Waals surface area (Å²) in [6.45, 7) is 1.72. The van der Waals surface area contributed by atoms with Crippen LogP contribution in [0.15, 0.2) is 57.5 Å². The lowest BCUT2D eigenvalue weighted by Crippen LogP contribution is -2.39. The van der Waals surface area contributed by atoms with Gasteiger partial charge in [0.05, 0.1) is 32.5 Å². The summed E-state index contributed by atoms with van der Waals surface area (Å²) < 4.78 is 8.52. The summed E-state index contributed by atoms with van der Waals surface area (Å²) in [4.78, 5) is 31.1. The highest BCUT2D eigenvalue weighted by Crippen LogP contribution is 2.31. The van der Waals surface area contributed by atoms with Crippen molar-refractivity contribution in [1.82, 2.24) is 4.57 Å². The van der Waals surface area contributed by atoms with Gasteiger partial charge in [-0.25, -0.2) is 9.79 Å². The molecular weight excluding hydrogens is 678 g/mol. The first-order valence-corrected chi connectivity index (χ1v) is 12.6. The van der Waals surface area contributed by atoms with E-state index in [2.05, 4.69) is 50.2 Å². The Kier molecular flexibility index (Phi) is 6.80. The Bertz CT molecular complexity index is 1460. The number of phenolic OH excluding ortho intramolecular Hbond substituents is 1. The van der Waals surface area contributed by atoms with Crippen molar-refractivity contribution in [2.75, 3.05) is 7.11 Å². The second-order valence-electron chi connectivity index (χ2n) is 6.95. The molecule has 1 aliphatic heterocycles. The van der Waals surface area contributed by atoms with Crippen LogP contribution in [-0.2, 0) is 9.53 Å². The maximum atomic E-state index is 13.5. The van der Waals surface area contributed by atoms with Crippen LogP contribution in [0, 0.1) is 7.14 Å². The number of phenols is 1. The summed E-state index contributed by atoms with van der Waals surface area (Å²) in [5, 5.41) is 11.0. The van der Waals surface area contributed by atoms with Crippen molar-refractivity contribution < 1.29 is 14.6 Å². The second kappa shape index (κ2) is 9.27. The summed E-state index contributed by atoms with van der Waals surface area (Å²) >= 11 is 11.5. The number of aromatic nitrogens is 1. The third kappa shape index (κ3) is 4.27. The highest BCUT2D eigenvalue weighted by Gasteiger charge is 2.33. The number of nitrogens with zero attached hydrogens (tertiary/aromatic N) is 2. The van der Waals surface area contributed by atoms with E-state index < -0.39 is 12.0 Å². The van der Waals surface area contributed by atoms with Crippen LogP contribution in [0.25, 0.3) is 6.08 Å². The Labute approximate surface area is 219 Å². The number of benzene rings is 2. The van der Waals surface area contributed by atoms with Crippen molar-refractivity contribution in [1.29, 1.82) is 0 Å². The van der Waals surface area contributed by atoms with E-state index in [-0.39, 0.29) is 11.3 Å². The number of esters is 1. The highest BCUT2D eigenvalue weighted by atomic mass is 127. The van der Waals surface area contributed by atoms with Crippen LogP contribution in [0.1, 0.15) is 24.1 Å². The molecule has 0 aliphatic carbocycles. The number of allylic oxidation sites excluding steroid dienone is 1. The smallest absolute Gasteiger partial charge is 0.338 e. The van der Waals surface area contributed by atoms with Gasteiger partial charge in [-0.3, -0.25) is 9.36 Å². The van der Waals surface area contributed by atoms with E-state index in [1.54, 1.807) is 43.3 Å². The molecule has 2 aromatic carbocycles. The van der Waals surface area contributed by atoms with Crippen LogP contribution >= 0.6 is 68.1 Å². The molecule has 0 amide bonds. The Balaban J connectivity index is 2.00. The van der Waals surface area contributed by atoms with E-state index in [9.17, 15) is 14.7 Å². The van der Waals surface area contributed by atoms with Crippen molar-refractivity contribution >= 4 is 80.2 Å². The van der Waals surface area contributed by atoms with Gasteiger partial charge in [-0.05, 0) is 88.0 Å². The number of hydrogen-bond acceptors (Lipinski definition) is 6. The molecule has 0 bridgehead atoms. The molecule has 0 spiro atoms. The third-order valence-corrected chi connectivity index (χ3v) is 7.64. The molecule has 3 aromatic rings. The Morgan fingerprint density at radius 3 is 2.62 bits per heavy atom. The minimum absolute atomic E-state index is 0.109. The molecule has 10 heteroatoms. The molecule has 1 N–H and O–H groups in total. The summed E-state index contributed by atoms with van der Waals surface area (Å²) in [5.74, 6) is -0.442. The number of hydrogen-bond donors (Lipinski definition) is 1. The predicted molar refractivity (Wildman–Crippen MR) is 141 cm³/mol. The standard InChI is InChI=1S/C22H15ClI2N2O4S/c1-10-17(21(30)31-2)18(11-3-5-13(23)6-4-11)27-20(29)16(32-22(27)26-10)8-12-7-14(24)9-15(25)19(12)28/h3-9,18,28H,1-2H3/b16-8-/t18-/m0/s1. The number of carbonyl (C=O) groups is 1. The number of halogens is 3. The molecule has 1 atom stereocenters. The van der Waals surface area contributed by atoms with Crippen molar-refractivity contribution in [3.8, 4) is 5.75 Å². The largest absolute Gasteiger partial charge is 0.506 e. The van der Waals surface area contributed by atoms with Gasteiger partial charge in [0.2, 0.25) is 0 Å². The molecule has 1 aliphatic rings. The number of carbonyl (C=O) groups excluding carboxylic acids is 1. The topological polar surface area (TPSA) is 80.9 Å². The zero-order chi connectivity index (χ0) is 23.2. The fraction of sp³-hybridized carbons (Fsp3) is 0.136. The lowest BCUT2D eigenvalue weighted by Gasteiger charge is -2.24. The monoisotopic (exact) mass is 692 g/mol. The van der Waals surface area contributed by atoms with E-state index >= 15 is 0 Å². The van der Waals surface area contributed by atoms with Crippen LogP contribution in [0.4, 0.5) is 0 Å². The van der Waals surface area contributed by atoms with Gasteiger partial charge in [-0.1, -0.05) is 35.1 Å². The minimum Gasteiger partial charge on any atom is -0.506 e. The van der Waals surface area contributed by atoms with Crippen LogP contribution in [-0.4, -0.2) is 22.8 Å². The maximum absolute atomic E-state index is 13.5. The molecule has 0 fully saturated rings. The molecule has 0 saturated heterocycles. The Hall–Kier alpha value is -1.70. The lowest BCUT2D eigenvalue weighted by atomic mass is 9.96. The van der Waals surface area contributed by atoms with Gasteiger partial charge < -0.3 is 9.84 Å². The first kappa shape index (κ1) is 23.5. The first-order valence-electron chi connectivity index (χ1n) is 9.25. The van der Waals surface area contributed by atoms with E-state index in [1.165, 1.54) is 23.0 Å². The zero-order valence-corrected chi connectivity index (χ0v) is 22.6. The average molecular weight is 693 g/mol. The van der Waals surface area contributed by atoms with Gasteiger partial charge in [0.1, 0.15) is 5.75 Å². The third-order valence-electron chi connectivity index (χ3n) is 4.96. The number of methoxy groups -OCH3 is 1. The minimum atomic E-state index is -0.706. The summed E-state index contributed by atoms with van der Waals surface area (Å²) in [6, 6.07) is 9.92. The van der Waals surface area contributed by atoms with Gasteiger partial charge in [0.15, 0.2) is 4.80 Å². The number of ether oxygens (including phenoxy) is 1. The molecule has 0 unspecified atom stereocenters. The first-order chi connectivity index (χ1) is 15.2. The number of thiazole rings is 1. The Morgan fingerprint density at radius 1 is 1.28 bits per heavy atom. The zero-order valence-electron chi connectivity index (χ0n) is 16.7. The lowest BCUT2D eigenvalue weighted by molar-refractivity contribution is -0.136. The average Bonchev–Trinajstić information content (AvgIpc) is 3.05. The molecule has 2 heterocycles. The van der Waals surface area contributed by atoms with E-state index in [0.29, 0.717) is 40.3 Å². The summed E-state index contributed by atoms with van der Waals surface area (Å²) in [5.41, 5.74) is 1.72. The Morgan fingerprint density at radius 2 is 1.97 bits per heavy atom. The molecule has 4 rings (SSSR count). The van der Waals surface area contributed by atoms with E-state index in [1.807, 2.05) is 6.07 Å². The quantitative estimate of drug-likeness (QED) is 0.333. The molecular formula is C22H15ClI2N2O4S. The molecule has 0 saturated carbocycles. The normalized spacial score (nSPS) is 16.0. The van der Waals surface area contributed by atoms with Gasteiger partial charge in [0.25, 0.3) is 5.56 Å². The van der Waals surface area contributed by atoms with Gasteiger partial charge >= 0.3 is 5.97 Å². The van der Waals surface area contributed by atoms with Gasteiger partial charge in [-0.15, -0.1) is 0 Å². The summed E-state index contributed by atoms with van der Waals surface area (Å²) in [7, 11) is 1.30. The van der Waals surface area contributed by atoms with Crippen molar-refractivity contribution in [2.24, 2.45) is 4.99 Å². The van der Waals surface area contributed by atoms with E-state index in [4.69, 9.17) is 16.3 Å². The summed E-state index contributed by atoms with van der Waals surface area (Å²) in [6.07, 6.45) is 1.65. The van der Waals surface area contributed by atoms with Crippen molar-refractivity contribution in [2.45, 2.75) is 13.0 Å². The SMILES string of the molecule is COC(=O)C1=C(C)N=c2s/c(=C\c3cc(I)cc(I)c3O)c(=O)n2[C@H]1c1ccc(Cl)cc1. The van der Waals surface area contributed by atoms with Crippen molar-refractivity contribution in [3.05, 3.63) is 90.6 Å². The highest BCUT2D eigenvalue weighted by molar-refractivity contribution is 14.1. The van der Waals surface area contributed by atoms with Crippen LogP contribution < -0.4 is 14.9 Å². The van der Waals surface area contributed by atoms with Crippen LogP contribution in [0.5, 0.6) is 5.75 Å². The molecule has 32 heavy (non-hydrogen) atoms. The molecule has 0 radical (unpaired) electrons. The van der Waals surface area contributed by atoms with Crippen molar-refractivity contribution in [3.63, 3.8) is 0 Å². The maximum Gasteiger partial charge on any atom is 0.338 e. The van der Waals surface area contributed by atoms with Crippen LogP contribution in [0.3, 0.4) is 0 Å². The molecule has 6 nitrogen and oxygen atoms in total. The second-order valence-corrected chi connectivity index (χ2v) is 10.8. The van der Waals surface area contributed by atoms with Gasteiger partial charge in [0, 0.05) is 14.2 Å². The van der Waals surface area contributed by atoms with E-state index in [0.717, 1.165) is 3.57 Å². The predicted octanol–water partition coefficient (Wildman–Crippen LogP) is 3.98. The number of fused-ring (bicyclic) bond motifs is 1.